The molecule has 2 aromatic rings. The third kappa shape index (κ3) is 3.06. The topological polar surface area (TPSA) is 38.9 Å². The van der Waals surface area contributed by atoms with Crippen LogP contribution >= 0.6 is 22.9 Å². The van der Waals surface area contributed by atoms with Crippen molar-refractivity contribution in [2.45, 2.75) is 26.3 Å². The Hall–Kier alpha value is -0.900. The van der Waals surface area contributed by atoms with E-state index in [1.54, 1.807) is 11.3 Å². The number of nitrogens with two attached hydrogens (primary N) is 1. The Labute approximate surface area is 110 Å². The second-order valence-electron chi connectivity index (χ2n) is 4.12. The smallest absolute Gasteiger partial charge is 0.0900 e. The van der Waals surface area contributed by atoms with Crippen molar-refractivity contribution in [1.29, 1.82) is 0 Å². The molecule has 1 aromatic heterocycles. The van der Waals surface area contributed by atoms with Crippen LogP contribution in [0.3, 0.4) is 0 Å². The molecular formula is C13H15ClN2S. The maximum absolute atomic E-state index is 6.22. The van der Waals surface area contributed by atoms with Gasteiger partial charge in [0.25, 0.3) is 0 Å². The summed E-state index contributed by atoms with van der Waals surface area (Å²) in [5.74, 6) is 0. The Bertz CT molecular complexity index is 522. The van der Waals surface area contributed by atoms with Gasteiger partial charge in [0.2, 0.25) is 0 Å². The van der Waals surface area contributed by atoms with E-state index in [-0.39, 0.29) is 6.04 Å². The lowest BCUT2D eigenvalue weighted by Crippen LogP contribution is -2.13. The molecule has 4 heteroatoms. The van der Waals surface area contributed by atoms with Gasteiger partial charge < -0.3 is 5.73 Å². The fourth-order valence-corrected chi connectivity index (χ4v) is 3.04. The third-order valence-electron chi connectivity index (χ3n) is 2.62. The molecule has 2 rings (SSSR count). The Morgan fingerprint density at radius 1 is 1.41 bits per heavy atom. The first-order valence-electron chi connectivity index (χ1n) is 5.50. The standard InChI is InChI=1S/C13H15ClN2S/c1-8-13(17-9(2)16-8)12(15)7-10-4-3-5-11(14)6-10/h3-6,12H,7,15H2,1-2H3. The molecule has 2 nitrogen and oxygen atoms in total. The van der Waals surface area contributed by atoms with Crippen molar-refractivity contribution < 1.29 is 0 Å². The normalized spacial score (nSPS) is 12.7. The van der Waals surface area contributed by atoms with E-state index in [9.17, 15) is 0 Å². The molecule has 1 unspecified atom stereocenters. The molecule has 0 fully saturated rings. The van der Waals surface area contributed by atoms with Crippen LogP contribution in [-0.4, -0.2) is 4.98 Å². The largest absolute Gasteiger partial charge is 0.323 e. The minimum Gasteiger partial charge on any atom is -0.323 e. The predicted octanol–water partition coefficient (Wildman–Crippen LogP) is 3.66. The van der Waals surface area contributed by atoms with Crippen LogP contribution in [0.1, 0.15) is 27.2 Å². The van der Waals surface area contributed by atoms with E-state index in [0.29, 0.717) is 0 Å². The Morgan fingerprint density at radius 2 is 2.18 bits per heavy atom. The van der Waals surface area contributed by atoms with E-state index in [4.69, 9.17) is 17.3 Å². The molecule has 0 saturated carbocycles. The van der Waals surface area contributed by atoms with Crippen LogP contribution < -0.4 is 5.73 Å². The molecular weight excluding hydrogens is 252 g/mol. The summed E-state index contributed by atoms with van der Waals surface area (Å²) in [6, 6.07) is 7.84. The molecule has 0 aliphatic heterocycles. The van der Waals surface area contributed by atoms with Gasteiger partial charge >= 0.3 is 0 Å². The van der Waals surface area contributed by atoms with Crippen LogP contribution in [0.4, 0.5) is 0 Å². The highest BCUT2D eigenvalue weighted by Gasteiger charge is 2.14. The minimum absolute atomic E-state index is 0.000309. The molecule has 1 heterocycles. The van der Waals surface area contributed by atoms with Gasteiger partial charge in [-0.1, -0.05) is 23.7 Å². The highest BCUT2D eigenvalue weighted by atomic mass is 35.5. The number of halogens is 1. The van der Waals surface area contributed by atoms with Crippen LogP contribution in [0.2, 0.25) is 5.02 Å². The molecule has 17 heavy (non-hydrogen) atoms. The summed E-state index contributed by atoms with van der Waals surface area (Å²) < 4.78 is 0. The first-order valence-corrected chi connectivity index (χ1v) is 6.69. The number of hydrogen-bond donors (Lipinski definition) is 1. The van der Waals surface area contributed by atoms with Crippen molar-refractivity contribution in [2.75, 3.05) is 0 Å². The summed E-state index contributed by atoms with van der Waals surface area (Å²) in [5, 5.41) is 1.82. The monoisotopic (exact) mass is 266 g/mol. The number of aryl methyl sites for hydroxylation is 2. The van der Waals surface area contributed by atoms with Crippen LogP contribution in [0, 0.1) is 13.8 Å². The lowest BCUT2D eigenvalue weighted by Gasteiger charge is -2.10. The van der Waals surface area contributed by atoms with Gasteiger partial charge in [0.15, 0.2) is 0 Å². The van der Waals surface area contributed by atoms with Crippen LogP contribution in [-0.2, 0) is 6.42 Å². The average Bonchev–Trinajstić information content (AvgIpc) is 2.58. The van der Waals surface area contributed by atoms with Crippen molar-refractivity contribution in [3.8, 4) is 0 Å². The second kappa shape index (κ2) is 5.17. The molecule has 0 saturated heterocycles. The van der Waals surface area contributed by atoms with Gasteiger partial charge in [-0.15, -0.1) is 11.3 Å². The number of hydrogen-bond acceptors (Lipinski definition) is 3. The van der Waals surface area contributed by atoms with Gasteiger partial charge in [0.05, 0.1) is 10.7 Å². The second-order valence-corrected chi connectivity index (χ2v) is 5.79. The van der Waals surface area contributed by atoms with Crippen LogP contribution in [0.25, 0.3) is 0 Å². The number of nitrogens with zero attached hydrogens (tertiary/aromatic N) is 1. The van der Waals surface area contributed by atoms with Gasteiger partial charge in [-0.2, -0.15) is 0 Å². The molecule has 1 aromatic carbocycles. The summed E-state index contributed by atoms with van der Waals surface area (Å²) in [7, 11) is 0. The van der Waals surface area contributed by atoms with Crippen molar-refractivity contribution in [2.24, 2.45) is 5.73 Å². The van der Waals surface area contributed by atoms with E-state index in [0.717, 1.165) is 27.7 Å². The van der Waals surface area contributed by atoms with Gasteiger partial charge in [-0.05, 0) is 38.0 Å². The molecule has 1 atom stereocenters. The average molecular weight is 267 g/mol. The summed E-state index contributed by atoms with van der Waals surface area (Å²) >= 11 is 7.64. The molecule has 90 valence electrons. The van der Waals surface area contributed by atoms with Crippen molar-refractivity contribution in [3.63, 3.8) is 0 Å². The highest BCUT2D eigenvalue weighted by Crippen LogP contribution is 2.26. The first-order chi connectivity index (χ1) is 8.06. The molecule has 0 aliphatic carbocycles. The number of aromatic nitrogens is 1. The molecule has 0 radical (unpaired) electrons. The highest BCUT2D eigenvalue weighted by molar-refractivity contribution is 7.11. The Balaban J connectivity index is 2.16. The molecule has 0 aliphatic rings. The van der Waals surface area contributed by atoms with Crippen LogP contribution in [0.5, 0.6) is 0 Å². The summed E-state index contributed by atoms with van der Waals surface area (Å²) in [6.07, 6.45) is 0.795. The Kier molecular flexibility index (Phi) is 3.82. The van der Waals surface area contributed by atoms with E-state index >= 15 is 0 Å². The maximum Gasteiger partial charge on any atom is 0.0900 e. The predicted molar refractivity (Wildman–Crippen MR) is 73.7 cm³/mol. The number of rotatable bonds is 3. The minimum atomic E-state index is -0.000309. The summed E-state index contributed by atoms with van der Waals surface area (Å²) in [4.78, 5) is 5.57. The number of thiazole rings is 1. The van der Waals surface area contributed by atoms with Gasteiger partial charge in [-0.25, -0.2) is 4.98 Å². The van der Waals surface area contributed by atoms with Gasteiger partial charge in [0, 0.05) is 15.9 Å². The van der Waals surface area contributed by atoms with E-state index < -0.39 is 0 Å². The Morgan fingerprint density at radius 3 is 2.76 bits per heavy atom. The molecule has 0 bridgehead atoms. The fraction of sp³-hybridized carbons (Fsp3) is 0.308. The van der Waals surface area contributed by atoms with E-state index in [1.807, 2.05) is 32.0 Å². The van der Waals surface area contributed by atoms with E-state index in [1.165, 1.54) is 4.88 Å². The van der Waals surface area contributed by atoms with Crippen LogP contribution in [0.15, 0.2) is 24.3 Å². The zero-order valence-corrected chi connectivity index (χ0v) is 11.5. The van der Waals surface area contributed by atoms with Gasteiger partial charge in [-0.3, -0.25) is 0 Å². The van der Waals surface area contributed by atoms with Crippen molar-refractivity contribution >= 4 is 22.9 Å². The van der Waals surface area contributed by atoms with Crippen molar-refractivity contribution in [1.82, 2.24) is 4.98 Å². The number of benzene rings is 1. The third-order valence-corrected chi connectivity index (χ3v) is 4.06. The molecule has 0 spiro atoms. The molecule has 2 N–H and O–H groups in total. The quantitative estimate of drug-likeness (QED) is 0.921. The van der Waals surface area contributed by atoms with E-state index in [2.05, 4.69) is 11.1 Å². The first kappa shape index (κ1) is 12.6. The fourth-order valence-electron chi connectivity index (χ4n) is 1.90. The van der Waals surface area contributed by atoms with Crippen molar-refractivity contribution in [3.05, 3.63) is 50.4 Å². The zero-order chi connectivity index (χ0) is 12.4. The lowest BCUT2D eigenvalue weighted by atomic mass is 10.0. The lowest BCUT2D eigenvalue weighted by molar-refractivity contribution is 0.728. The molecule has 0 amide bonds. The maximum atomic E-state index is 6.22. The van der Waals surface area contributed by atoms with Gasteiger partial charge in [0.1, 0.15) is 0 Å². The SMILES string of the molecule is Cc1nc(C)c(C(N)Cc2cccc(Cl)c2)s1. The zero-order valence-electron chi connectivity index (χ0n) is 9.90. The summed E-state index contributed by atoms with van der Waals surface area (Å²) in [5.41, 5.74) is 8.42. The summed E-state index contributed by atoms with van der Waals surface area (Å²) in [6.45, 7) is 4.02.